The highest BCUT2D eigenvalue weighted by molar-refractivity contribution is 6.22. The summed E-state index contributed by atoms with van der Waals surface area (Å²) in [6.45, 7) is 0. The summed E-state index contributed by atoms with van der Waals surface area (Å²) < 4.78 is 5.12. The zero-order chi connectivity index (χ0) is 21.5. The molecule has 158 valence electrons. The van der Waals surface area contributed by atoms with E-state index in [1.807, 2.05) is 0 Å². The van der Waals surface area contributed by atoms with Gasteiger partial charge in [0.25, 0.3) is 0 Å². The Morgan fingerprint density at radius 2 is 1.52 bits per heavy atom. The number of fused-ring (bicyclic) bond motifs is 1. The Balaban J connectivity index is 1.26. The number of benzene rings is 2. The van der Waals surface area contributed by atoms with Crippen molar-refractivity contribution < 1.29 is 19.1 Å². The average Bonchev–Trinajstić information content (AvgIpc) is 3.08. The second kappa shape index (κ2) is 7.69. The van der Waals surface area contributed by atoms with Gasteiger partial charge in [0.05, 0.1) is 31.1 Å². The number of ether oxygens (including phenoxy) is 1. The van der Waals surface area contributed by atoms with Crippen LogP contribution in [-0.4, -0.2) is 24.8 Å². The molecule has 6 rings (SSSR count). The molecule has 4 aliphatic rings. The van der Waals surface area contributed by atoms with Crippen molar-refractivity contribution in [3.8, 4) is 5.75 Å². The van der Waals surface area contributed by atoms with Crippen LogP contribution in [0.1, 0.15) is 18.4 Å². The van der Waals surface area contributed by atoms with E-state index in [4.69, 9.17) is 4.74 Å². The van der Waals surface area contributed by atoms with Gasteiger partial charge >= 0.3 is 0 Å². The van der Waals surface area contributed by atoms with Crippen LogP contribution in [0, 0.1) is 23.7 Å². The Labute approximate surface area is 180 Å². The van der Waals surface area contributed by atoms with Gasteiger partial charge in [-0.05, 0) is 66.6 Å². The first-order chi connectivity index (χ1) is 15.0. The molecule has 2 bridgehead atoms. The van der Waals surface area contributed by atoms with Gasteiger partial charge in [-0.25, -0.2) is 0 Å². The highest BCUT2D eigenvalue weighted by atomic mass is 16.5. The number of nitrogens with zero attached hydrogens (tertiary/aromatic N) is 1. The molecule has 2 aromatic carbocycles. The lowest BCUT2D eigenvalue weighted by atomic mass is 9.63. The number of carbonyl (C=O) groups is 3. The number of imide groups is 1. The molecule has 1 N–H and O–H groups in total. The van der Waals surface area contributed by atoms with Crippen LogP contribution in [0.3, 0.4) is 0 Å². The summed E-state index contributed by atoms with van der Waals surface area (Å²) in [5.74, 6) is 0.341. The molecule has 2 aromatic rings. The minimum atomic E-state index is -0.216. The molecule has 6 heteroatoms. The highest BCUT2D eigenvalue weighted by Crippen LogP contribution is 2.50. The number of carbonyl (C=O) groups excluding carboxylic acids is 3. The van der Waals surface area contributed by atoms with E-state index in [1.54, 1.807) is 55.6 Å². The third-order valence-electron chi connectivity index (χ3n) is 6.69. The summed E-state index contributed by atoms with van der Waals surface area (Å²) in [7, 11) is 1.59. The first kappa shape index (κ1) is 19.5. The molecule has 0 aromatic heterocycles. The molecule has 1 saturated heterocycles. The van der Waals surface area contributed by atoms with Crippen molar-refractivity contribution in [2.45, 2.75) is 19.3 Å². The number of allylic oxidation sites excluding steroid dienone is 2. The maximum absolute atomic E-state index is 13.1. The Hall–Kier alpha value is -3.41. The maximum Gasteiger partial charge on any atom is 0.238 e. The smallest absolute Gasteiger partial charge is 0.238 e. The van der Waals surface area contributed by atoms with Crippen LogP contribution in [0.25, 0.3) is 0 Å². The minimum absolute atomic E-state index is 0.0842. The molecular formula is C25H24N2O4. The highest BCUT2D eigenvalue weighted by Gasteiger charge is 2.56. The molecule has 3 aliphatic carbocycles. The van der Waals surface area contributed by atoms with Crippen molar-refractivity contribution in [1.29, 1.82) is 0 Å². The van der Waals surface area contributed by atoms with Gasteiger partial charge in [0, 0.05) is 5.69 Å². The van der Waals surface area contributed by atoms with Crippen molar-refractivity contribution >= 4 is 29.1 Å². The Bertz CT molecular complexity index is 1030. The molecule has 3 amide bonds. The van der Waals surface area contributed by atoms with Crippen LogP contribution in [-0.2, 0) is 20.8 Å². The van der Waals surface area contributed by atoms with Crippen LogP contribution in [0.15, 0.2) is 60.7 Å². The molecule has 4 unspecified atom stereocenters. The van der Waals surface area contributed by atoms with Crippen molar-refractivity contribution in [2.75, 3.05) is 17.3 Å². The second-order valence-corrected chi connectivity index (χ2v) is 8.47. The molecule has 1 aliphatic heterocycles. The second-order valence-electron chi connectivity index (χ2n) is 8.47. The lowest BCUT2D eigenvalue weighted by molar-refractivity contribution is -0.124. The van der Waals surface area contributed by atoms with E-state index >= 15 is 0 Å². The first-order valence-corrected chi connectivity index (χ1v) is 10.6. The standard InChI is InChI=1S/C25H24N2O4/c1-31-20-12-8-18(9-13-20)26-21(28)14-15-2-10-19(11-3-15)27-24(29)22-16-4-5-17(7-6-16)23(22)25(27)30/h2-5,8-13,16-17,22-23H,6-7,14H2,1H3,(H,26,28). The van der Waals surface area contributed by atoms with Crippen molar-refractivity contribution in [2.24, 2.45) is 23.7 Å². The predicted octanol–water partition coefficient (Wildman–Crippen LogP) is 3.58. The Morgan fingerprint density at radius 3 is 2.03 bits per heavy atom. The van der Waals surface area contributed by atoms with Gasteiger partial charge in [-0.15, -0.1) is 0 Å². The normalized spacial score (nSPS) is 26.2. The zero-order valence-corrected chi connectivity index (χ0v) is 17.3. The summed E-state index contributed by atoms with van der Waals surface area (Å²) in [5.41, 5.74) is 2.10. The van der Waals surface area contributed by atoms with Gasteiger partial charge in [-0.1, -0.05) is 24.3 Å². The van der Waals surface area contributed by atoms with Crippen LogP contribution in [0.5, 0.6) is 5.75 Å². The first-order valence-electron chi connectivity index (χ1n) is 10.6. The van der Waals surface area contributed by atoms with Gasteiger partial charge in [0.2, 0.25) is 17.7 Å². The number of methoxy groups -OCH3 is 1. The van der Waals surface area contributed by atoms with Crippen molar-refractivity contribution in [3.63, 3.8) is 0 Å². The van der Waals surface area contributed by atoms with E-state index in [-0.39, 0.29) is 47.8 Å². The van der Waals surface area contributed by atoms with Gasteiger partial charge in [0.1, 0.15) is 5.75 Å². The van der Waals surface area contributed by atoms with Gasteiger partial charge < -0.3 is 10.1 Å². The third kappa shape index (κ3) is 3.42. The topological polar surface area (TPSA) is 75.7 Å². The number of hydrogen-bond acceptors (Lipinski definition) is 4. The quantitative estimate of drug-likeness (QED) is 0.597. The number of nitrogens with one attached hydrogen (secondary N) is 1. The zero-order valence-electron chi connectivity index (χ0n) is 17.3. The summed E-state index contributed by atoms with van der Waals surface area (Å²) in [4.78, 5) is 39.8. The van der Waals surface area contributed by atoms with Crippen LogP contribution >= 0.6 is 0 Å². The Kier molecular flexibility index (Phi) is 4.85. The molecular weight excluding hydrogens is 392 g/mol. The third-order valence-corrected chi connectivity index (χ3v) is 6.69. The largest absolute Gasteiger partial charge is 0.497 e. The summed E-state index contributed by atoms with van der Waals surface area (Å²) in [5, 5.41) is 2.86. The molecule has 1 heterocycles. The Morgan fingerprint density at radius 1 is 0.935 bits per heavy atom. The van der Waals surface area contributed by atoms with E-state index in [9.17, 15) is 14.4 Å². The van der Waals surface area contributed by atoms with Crippen LogP contribution in [0.2, 0.25) is 0 Å². The predicted molar refractivity (Wildman–Crippen MR) is 117 cm³/mol. The average molecular weight is 416 g/mol. The number of amides is 3. The summed E-state index contributed by atoms with van der Waals surface area (Å²) >= 11 is 0. The lowest BCUT2D eigenvalue weighted by Gasteiger charge is -2.38. The molecule has 0 spiro atoms. The number of hydrogen-bond donors (Lipinski definition) is 1. The lowest BCUT2D eigenvalue weighted by Crippen LogP contribution is -2.38. The van der Waals surface area contributed by atoms with E-state index < -0.39 is 0 Å². The van der Waals surface area contributed by atoms with Gasteiger partial charge in [0.15, 0.2) is 0 Å². The summed E-state index contributed by atoms with van der Waals surface area (Å²) in [6.07, 6.45) is 6.41. The molecule has 2 fully saturated rings. The fourth-order valence-corrected chi connectivity index (χ4v) is 5.16. The molecule has 4 atom stereocenters. The fourth-order valence-electron chi connectivity index (χ4n) is 5.16. The maximum atomic E-state index is 13.1. The number of anilines is 2. The van der Waals surface area contributed by atoms with E-state index in [1.165, 1.54) is 4.90 Å². The minimum Gasteiger partial charge on any atom is -0.497 e. The molecule has 0 radical (unpaired) electrons. The fraction of sp³-hybridized carbons (Fsp3) is 0.320. The van der Waals surface area contributed by atoms with Gasteiger partial charge in [-0.3, -0.25) is 19.3 Å². The van der Waals surface area contributed by atoms with E-state index in [0.29, 0.717) is 11.4 Å². The van der Waals surface area contributed by atoms with E-state index in [0.717, 1.165) is 24.2 Å². The van der Waals surface area contributed by atoms with Crippen LogP contribution < -0.4 is 15.0 Å². The molecule has 1 saturated carbocycles. The van der Waals surface area contributed by atoms with Crippen LogP contribution in [0.4, 0.5) is 11.4 Å². The summed E-state index contributed by atoms with van der Waals surface area (Å²) in [6, 6.07) is 14.3. The SMILES string of the molecule is COc1ccc(NC(=O)Cc2ccc(N3C(=O)C4C5C=CC(CC5)C4C3=O)cc2)cc1. The monoisotopic (exact) mass is 416 g/mol. The van der Waals surface area contributed by atoms with E-state index in [2.05, 4.69) is 17.5 Å². The van der Waals surface area contributed by atoms with Gasteiger partial charge in [-0.2, -0.15) is 0 Å². The number of rotatable bonds is 5. The van der Waals surface area contributed by atoms with Crippen molar-refractivity contribution in [3.05, 3.63) is 66.2 Å². The van der Waals surface area contributed by atoms with Crippen molar-refractivity contribution in [1.82, 2.24) is 0 Å². The molecule has 31 heavy (non-hydrogen) atoms. The molecule has 6 nitrogen and oxygen atoms in total.